The van der Waals surface area contributed by atoms with Crippen LogP contribution in [-0.4, -0.2) is 34.1 Å². The fourth-order valence-corrected chi connectivity index (χ4v) is 6.18. The average Bonchev–Trinajstić information content (AvgIpc) is 3.62. The van der Waals surface area contributed by atoms with Crippen LogP contribution in [0.4, 0.5) is 0 Å². The lowest BCUT2D eigenvalue weighted by molar-refractivity contribution is 0.954. The average molecular weight is 566 g/mol. The van der Waals surface area contributed by atoms with Crippen LogP contribution in [-0.2, 0) is 0 Å². The van der Waals surface area contributed by atoms with Crippen LogP contribution in [0, 0.1) is 0 Å². The Morgan fingerprint density at radius 3 is 1.70 bits per heavy atom. The van der Waals surface area contributed by atoms with E-state index < -0.39 is 0 Å². The van der Waals surface area contributed by atoms with Gasteiger partial charge in [-0.05, 0) is 24.3 Å². The Morgan fingerprint density at radius 2 is 1.05 bits per heavy atom. The highest BCUT2D eigenvalue weighted by Crippen LogP contribution is 2.40. The summed E-state index contributed by atoms with van der Waals surface area (Å²) >= 11 is 0. The first-order chi connectivity index (χ1) is 21.8. The number of pyridine rings is 2. The van der Waals surface area contributed by atoms with Crippen molar-refractivity contribution in [2.45, 2.75) is 0 Å². The molecule has 5 heterocycles. The Hall–Kier alpha value is -6.21. The van der Waals surface area contributed by atoms with E-state index in [0.29, 0.717) is 17.6 Å². The van der Waals surface area contributed by atoms with E-state index >= 15 is 0 Å². The van der Waals surface area contributed by atoms with Crippen molar-refractivity contribution >= 4 is 43.7 Å². The van der Waals surface area contributed by atoms with E-state index in [1.165, 1.54) is 0 Å². The second-order valence-electron chi connectivity index (χ2n) is 10.6. The molecule has 9 rings (SSSR count). The van der Waals surface area contributed by atoms with Crippen molar-refractivity contribution in [3.63, 3.8) is 0 Å². The van der Waals surface area contributed by atoms with Gasteiger partial charge in [-0.25, -0.2) is 9.97 Å². The van der Waals surface area contributed by atoms with Crippen LogP contribution in [0.15, 0.2) is 140 Å². The highest BCUT2D eigenvalue weighted by atomic mass is 15.2. The molecule has 0 fully saturated rings. The number of nitrogens with zero attached hydrogens (tertiary/aromatic N) is 7. The number of fused-ring (bicyclic) bond motifs is 7. The number of rotatable bonds is 4. The Balaban J connectivity index is 1.46. The van der Waals surface area contributed by atoms with Gasteiger partial charge >= 0.3 is 0 Å². The SMILES string of the molecule is c1ccc(-c2nc(-c3ccccc3)nc(-n3c4ccccc4c4ncc5c(c6ccccc6n5-c5ccccn5)c43)n2)cc1. The van der Waals surface area contributed by atoms with Crippen LogP contribution in [0.5, 0.6) is 0 Å². The molecule has 0 saturated carbocycles. The van der Waals surface area contributed by atoms with Crippen molar-refractivity contribution < 1.29 is 0 Å². The number of aromatic nitrogens is 7. The highest BCUT2D eigenvalue weighted by molar-refractivity contribution is 6.24. The number of para-hydroxylation sites is 2. The second-order valence-corrected chi connectivity index (χ2v) is 10.6. The van der Waals surface area contributed by atoms with Crippen LogP contribution >= 0.6 is 0 Å². The van der Waals surface area contributed by atoms with Crippen molar-refractivity contribution in [3.8, 4) is 34.5 Å². The predicted octanol–water partition coefficient (Wildman–Crippen LogP) is 8.19. The molecule has 7 nitrogen and oxygen atoms in total. The zero-order valence-corrected chi connectivity index (χ0v) is 23.4. The maximum Gasteiger partial charge on any atom is 0.238 e. The molecule has 0 spiro atoms. The zero-order valence-electron chi connectivity index (χ0n) is 23.4. The molecule has 0 unspecified atom stereocenters. The molecule has 0 bridgehead atoms. The monoisotopic (exact) mass is 565 g/mol. The molecule has 7 heteroatoms. The van der Waals surface area contributed by atoms with Gasteiger partial charge in [-0.1, -0.05) is 103 Å². The van der Waals surface area contributed by atoms with Gasteiger partial charge in [0.15, 0.2) is 11.6 Å². The Morgan fingerprint density at radius 1 is 0.455 bits per heavy atom. The molecular formula is C37H23N7. The topological polar surface area (TPSA) is 74.3 Å². The maximum absolute atomic E-state index is 5.12. The third kappa shape index (κ3) is 3.66. The minimum Gasteiger partial charge on any atom is -0.292 e. The predicted molar refractivity (Wildman–Crippen MR) is 175 cm³/mol. The molecule has 44 heavy (non-hydrogen) atoms. The maximum atomic E-state index is 5.12. The zero-order chi connectivity index (χ0) is 29.0. The van der Waals surface area contributed by atoms with Crippen LogP contribution < -0.4 is 0 Å². The van der Waals surface area contributed by atoms with E-state index in [9.17, 15) is 0 Å². The summed E-state index contributed by atoms with van der Waals surface area (Å²) in [6.07, 6.45) is 3.78. The van der Waals surface area contributed by atoms with Crippen LogP contribution in [0.25, 0.3) is 78.3 Å². The quantitative estimate of drug-likeness (QED) is 0.215. The minimum absolute atomic E-state index is 0.535. The highest BCUT2D eigenvalue weighted by Gasteiger charge is 2.23. The lowest BCUT2D eigenvalue weighted by Crippen LogP contribution is -2.06. The summed E-state index contributed by atoms with van der Waals surface area (Å²) in [6.45, 7) is 0. The van der Waals surface area contributed by atoms with E-state index in [4.69, 9.17) is 24.9 Å². The summed E-state index contributed by atoms with van der Waals surface area (Å²) in [6, 6.07) is 42.8. The first kappa shape index (κ1) is 24.4. The smallest absolute Gasteiger partial charge is 0.238 e. The van der Waals surface area contributed by atoms with E-state index in [1.54, 1.807) is 0 Å². The van der Waals surface area contributed by atoms with Gasteiger partial charge in [0.25, 0.3) is 0 Å². The second kappa shape index (κ2) is 9.68. The third-order valence-electron chi connectivity index (χ3n) is 8.08. The van der Waals surface area contributed by atoms with Gasteiger partial charge in [-0.2, -0.15) is 9.97 Å². The molecule has 0 aliphatic heterocycles. The Kier molecular flexibility index (Phi) is 5.36. The summed E-state index contributed by atoms with van der Waals surface area (Å²) < 4.78 is 4.33. The van der Waals surface area contributed by atoms with E-state index in [1.807, 2.05) is 103 Å². The van der Waals surface area contributed by atoms with Crippen molar-refractivity contribution in [1.29, 1.82) is 0 Å². The van der Waals surface area contributed by atoms with Gasteiger partial charge in [-0.3, -0.25) is 14.1 Å². The fourth-order valence-electron chi connectivity index (χ4n) is 6.18. The van der Waals surface area contributed by atoms with Gasteiger partial charge < -0.3 is 0 Å². The van der Waals surface area contributed by atoms with Crippen molar-refractivity contribution in [2.24, 2.45) is 0 Å². The van der Waals surface area contributed by atoms with Gasteiger partial charge in [-0.15, -0.1) is 0 Å². The van der Waals surface area contributed by atoms with Gasteiger partial charge in [0.05, 0.1) is 33.8 Å². The van der Waals surface area contributed by atoms with Crippen molar-refractivity contribution in [2.75, 3.05) is 0 Å². The first-order valence-electron chi connectivity index (χ1n) is 14.5. The molecule has 0 N–H and O–H groups in total. The molecule has 9 aromatic rings. The van der Waals surface area contributed by atoms with Crippen LogP contribution in [0.1, 0.15) is 0 Å². The Labute approximate surface area is 251 Å². The standard InChI is InChI=1S/C37H23N7/c1-3-13-24(14-4-1)35-40-36(25-15-5-2-6-16-25)42-37(41-35)44-29-20-10-8-18-27(29)33-34(44)32-26-17-7-9-19-28(26)43(30(32)23-39-33)31-21-11-12-22-38-31/h1-23H. The first-order valence-corrected chi connectivity index (χ1v) is 14.5. The number of hydrogen-bond acceptors (Lipinski definition) is 5. The number of benzene rings is 4. The molecule has 206 valence electrons. The summed E-state index contributed by atoms with van der Waals surface area (Å²) in [5.41, 5.74) is 6.66. The van der Waals surface area contributed by atoms with Crippen LogP contribution in [0.3, 0.4) is 0 Å². The van der Waals surface area contributed by atoms with E-state index in [0.717, 1.165) is 60.7 Å². The summed E-state index contributed by atoms with van der Waals surface area (Å²) in [5, 5.41) is 3.20. The lowest BCUT2D eigenvalue weighted by Gasteiger charge is -2.11. The van der Waals surface area contributed by atoms with E-state index in [2.05, 4.69) is 45.5 Å². The molecule has 4 aromatic carbocycles. The molecule has 0 aliphatic rings. The van der Waals surface area contributed by atoms with Crippen LogP contribution in [0.2, 0.25) is 0 Å². The molecule has 0 atom stereocenters. The molecule has 5 aromatic heterocycles. The summed E-state index contributed by atoms with van der Waals surface area (Å²) in [5.74, 6) is 2.58. The molecule has 0 radical (unpaired) electrons. The number of hydrogen-bond donors (Lipinski definition) is 0. The summed E-state index contributed by atoms with van der Waals surface area (Å²) in [4.78, 5) is 25.0. The van der Waals surface area contributed by atoms with Gasteiger partial charge in [0.1, 0.15) is 5.82 Å². The fraction of sp³-hybridized carbons (Fsp3) is 0. The Bertz CT molecular complexity index is 2420. The third-order valence-corrected chi connectivity index (χ3v) is 8.08. The molecular weight excluding hydrogens is 542 g/mol. The molecule has 0 saturated heterocycles. The lowest BCUT2D eigenvalue weighted by atomic mass is 10.1. The summed E-state index contributed by atoms with van der Waals surface area (Å²) in [7, 11) is 0. The van der Waals surface area contributed by atoms with Gasteiger partial charge in [0.2, 0.25) is 5.95 Å². The molecule has 0 aliphatic carbocycles. The van der Waals surface area contributed by atoms with Crippen molar-refractivity contribution in [3.05, 3.63) is 140 Å². The minimum atomic E-state index is 0.535. The van der Waals surface area contributed by atoms with Gasteiger partial charge in [0, 0.05) is 33.5 Å². The van der Waals surface area contributed by atoms with E-state index in [-0.39, 0.29) is 0 Å². The normalized spacial score (nSPS) is 11.6. The molecule has 0 amide bonds. The largest absolute Gasteiger partial charge is 0.292 e. The van der Waals surface area contributed by atoms with Crippen molar-refractivity contribution in [1.82, 2.24) is 34.1 Å².